The first kappa shape index (κ1) is 31.1. The summed E-state index contributed by atoms with van der Waals surface area (Å²) < 4.78 is 0. The summed E-state index contributed by atoms with van der Waals surface area (Å²) in [6.07, 6.45) is 16.5. The van der Waals surface area contributed by atoms with Crippen LogP contribution in [0.1, 0.15) is 41.5 Å². The van der Waals surface area contributed by atoms with Gasteiger partial charge in [0.1, 0.15) is 6.10 Å². The average Bonchev–Trinajstić information content (AvgIpc) is 2.42. The number of hydrogen-bond donors (Lipinski definition) is 1. The van der Waals surface area contributed by atoms with Gasteiger partial charge in [-0.3, -0.25) is 5.26 Å². The third-order valence-corrected chi connectivity index (χ3v) is 1.53. The van der Waals surface area contributed by atoms with E-state index in [1.165, 1.54) is 0 Å². The predicted molar refractivity (Wildman–Crippen MR) is 90.6 cm³/mol. The Balaban J connectivity index is -0.0000000622. The molecular weight excluding hydrogens is 255 g/mol. The fourth-order valence-electron chi connectivity index (χ4n) is 0.693. The minimum absolute atomic E-state index is 0. The fourth-order valence-corrected chi connectivity index (χ4v) is 0.693. The van der Waals surface area contributed by atoms with Crippen molar-refractivity contribution in [2.75, 3.05) is 0 Å². The van der Waals surface area contributed by atoms with Crippen molar-refractivity contribution in [1.82, 2.24) is 0 Å². The van der Waals surface area contributed by atoms with Crippen LogP contribution in [-0.4, -0.2) is 19.8 Å². The Bertz CT molecular complexity index is 248. The van der Waals surface area contributed by atoms with E-state index in [-0.39, 0.29) is 21.9 Å². The van der Waals surface area contributed by atoms with Gasteiger partial charge in [0.2, 0.25) is 0 Å². The van der Waals surface area contributed by atoms with Crippen molar-refractivity contribution in [2.45, 2.75) is 47.6 Å². The highest BCUT2D eigenvalue weighted by atomic mass is 17.1. The summed E-state index contributed by atoms with van der Waals surface area (Å²) in [5.74, 6) is 0. The zero-order valence-corrected chi connectivity index (χ0v) is 12.2. The third-order valence-electron chi connectivity index (χ3n) is 1.53. The molecule has 0 aliphatic heterocycles. The summed E-state index contributed by atoms with van der Waals surface area (Å²) in [6.45, 7) is 7.81. The van der Waals surface area contributed by atoms with E-state index < -0.39 is 0 Å². The zero-order chi connectivity index (χ0) is 14.6. The topological polar surface area (TPSA) is 63.6 Å². The first-order chi connectivity index (χ1) is 8.72. The summed E-state index contributed by atoms with van der Waals surface area (Å²) >= 11 is 0. The molecule has 1 atom stereocenters. The lowest BCUT2D eigenvalue weighted by Gasteiger charge is -1.96. The molecule has 0 aromatic heterocycles. The van der Waals surface area contributed by atoms with Crippen LogP contribution < -0.4 is 0 Å². The smallest absolute Gasteiger partial charge is 0.108 e. The molecule has 0 saturated carbocycles. The number of hydrogen-bond acceptors (Lipinski definition) is 4. The molecular formula is C15H28BO4. The normalized spacial score (nSPS) is 11.2. The molecule has 0 rings (SSSR count). The molecule has 1 unspecified atom stereocenters. The van der Waals surface area contributed by atoms with Crippen LogP contribution in [-0.2, 0) is 4.89 Å². The maximum atomic E-state index is 8.06. The van der Waals surface area contributed by atoms with Gasteiger partial charge in [0.15, 0.2) is 0 Å². The van der Waals surface area contributed by atoms with Crippen LogP contribution in [0.2, 0.25) is 0 Å². The van der Waals surface area contributed by atoms with Crippen molar-refractivity contribution in [3.8, 4) is 0 Å². The number of allylic oxidation sites excluding steroid dienone is 7. The molecule has 0 aliphatic rings. The second kappa shape index (κ2) is 36.0. The van der Waals surface area contributed by atoms with E-state index >= 15 is 0 Å². The van der Waals surface area contributed by atoms with Gasteiger partial charge < -0.3 is 0 Å². The molecule has 115 valence electrons. The van der Waals surface area contributed by atoms with Gasteiger partial charge in [-0.15, -0.1) is 0 Å². The second-order valence-corrected chi connectivity index (χ2v) is 3.08. The van der Waals surface area contributed by atoms with Crippen LogP contribution in [0.5, 0.6) is 0 Å². The Kier molecular flexibility index (Phi) is 56.1. The highest BCUT2D eigenvalue weighted by molar-refractivity contribution is 5.75. The molecule has 0 fully saturated rings. The molecule has 5 heteroatoms. The molecule has 0 amide bonds. The predicted octanol–water partition coefficient (Wildman–Crippen LogP) is 4.85. The van der Waals surface area contributed by atoms with Crippen molar-refractivity contribution in [3.63, 3.8) is 0 Å². The highest BCUT2D eigenvalue weighted by Crippen LogP contribution is 1.88. The molecule has 20 heavy (non-hydrogen) atoms. The van der Waals surface area contributed by atoms with Crippen LogP contribution in [0.4, 0.5) is 0 Å². The summed E-state index contributed by atoms with van der Waals surface area (Å²) in [5.41, 5.74) is 0. The van der Waals surface area contributed by atoms with E-state index in [1.807, 2.05) is 44.2 Å². The standard InChI is InChI=1S/C7H12O2.C7H12.CH4.B.O2/c1-3-4-5-6-7(2)9-8;1-3-5-7-6-4-2;;;1-2/h3-8H,1-2H3;3,5-7H,4H2,1-2H3;1H4;;. The molecule has 0 aliphatic carbocycles. The van der Waals surface area contributed by atoms with Crippen LogP contribution in [0.3, 0.4) is 0 Å². The van der Waals surface area contributed by atoms with Gasteiger partial charge in [-0.25, -0.2) is 4.89 Å². The molecule has 1 N–H and O–H groups in total. The molecule has 4 nitrogen and oxygen atoms in total. The molecule has 0 saturated heterocycles. The van der Waals surface area contributed by atoms with Gasteiger partial charge in [0, 0.05) is 18.3 Å². The van der Waals surface area contributed by atoms with Gasteiger partial charge in [0.05, 0.1) is 0 Å². The largest absolute Gasteiger partial charge is 0.251 e. The summed E-state index contributed by atoms with van der Waals surface area (Å²) in [5, 5.41) is 8.06. The van der Waals surface area contributed by atoms with E-state index in [2.05, 4.69) is 24.0 Å². The Hall–Kier alpha value is -1.46. The molecule has 0 aromatic carbocycles. The lowest BCUT2D eigenvalue weighted by Crippen LogP contribution is -1.98. The average molecular weight is 283 g/mol. The molecule has 0 spiro atoms. The first-order valence-corrected chi connectivity index (χ1v) is 5.77. The monoisotopic (exact) mass is 283 g/mol. The number of rotatable bonds is 5. The van der Waals surface area contributed by atoms with E-state index in [9.17, 15) is 0 Å². The van der Waals surface area contributed by atoms with E-state index in [1.54, 1.807) is 13.0 Å². The van der Waals surface area contributed by atoms with Crippen molar-refractivity contribution in [1.29, 1.82) is 0 Å². The Morgan fingerprint density at radius 3 is 1.85 bits per heavy atom. The maximum Gasteiger partial charge on any atom is 0.108 e. The van der Waals surface area contributed by atoms with Crippen molar-refractivity contribution in [2.24, 2.45) is 0 Å². The molecule has 0 bridgehead atoms. The van der Waals surface area contributed by atoms with Crippen molar-refractivity contribution in [3.05, 3.63) is 58.5 Å². The summed E-state index contributed by atoms with van der Waals surface area (Å²) in [4.78, 5) is 18.0. The Labute approximate surface area is 125 Å². The lowest BCUT2D eigenvalue weighted by molar-refractivity contribution is -0.261. The Morgan fingerprint density at radius 2 is 1.50 bits per heavy atom. The van der Waals surface area contributed by atoms with E-state index in [4.69, 9.17) is 15.2 Å². The molecule has 0 heterocycles. The summed E-state index contributed by atoms with van der Waals surface area (Å²) in [7, 11) is 0. The molecule has 0 aromatic rings. The van der Waals surface area contributed by atoms with Gasteiger partial charge in [-0.2, -0.15) is 0 Å². The fraction of sp³-hybridized carbons (Fsp3) is 0.467. The second-order valence-electron chi connectivity index (χ2n) is 3.08. The first-order valence-electron chi connectivity index (χ1n) is 5.77. The van der Waals surface area contributed by atoms with Gasteiger partial charge in [0.25, 0.3) is 0 Å². The van der Waals surface area contributed by atoms with Crippen LogP contribution >= 0.6 is 0 Å². The SMILES string of the molecule is C.CC=CC=CC(C)OO.CC=CC=CCC.O=O.[B]. The van der Waals surface area contributed by atoms with Gasteiger partial charge in [-0.05, 0) is 27.2 Å². The molecule has 3 radical (unpaired) electrons. The zero-order valence-electron chi connectivity index (χ0n) is 12.2. The quantitative estimate of drug-likeness (QED) is 0.339. The van der Waals surface area contributed by atoms with Crippen molar-refractivity contribution >= 4 is 8.41 Å². The van der Waals surface area contributed by atoms with Crippen LogP contribution in [0.15, 0.2) is 48.6 Å². The van der Waals surface area contributed by atoms with E-state index in [0.29, 0.717) is 0 Å². The van der Waals surface area contributed by atoms with Gasteiger partial charge in [-0.1, -0.05) is 63.0 Å². The van der Waals surface area contributed by atoms with Crippen LogP contribution in [0, 0.1) is 9.93 Å². The summed E-state index contributed by atoms with van der Waals surface area (Å²) in [6, 6.07) is 0. The lowest BCUT2D eigenvalue weighted by atomic mass is 10.3. The Morgan fingerprint density at radius 1 is 1.05 bits per heavy atom. The highest BCUT2D eigenvalue weighted by Gasteiger charge is 1.88. The van der Waals surface area contributed by atoms with E-state index in [0.717, 1.165) is 6.42 Å². The van der Waals surface area contributed by atoms with Crippen LogP contribution in [0.25, 0.3) is 0 Å². The van der Waals surface area contributed by atoms with Gasteiger partial charge >= 0.3 is 0 Å². The van der Waals surface area contributed by atoms with Crippen molar-refractivity contribution < 1.29 is 10.1 Å². The minimum atomic E-state index is -0.221. The maximum absolute atomic E-state index is 8.06. The third kappa shape index (κ3) is 43.9. The minimum Gasteiger partial charge on any atom is -0.251 e.